The number of benzene rings is 1. The molecule has 1 fully saturated rings. The Morgan fingerprint density at radius 3 is 2.17 bits per heavy atom. The minimum absolute atomic E-state index is 0.446. The number of hydrogen-bond acceptors (Lipinski definition) is 1. The molecule has 0 radical (unpaired) electrons. The highest BCUT2D eigenvalue weighted by atomic mass is 16.3. The monoisotopic (exact) mass is 246 g/mol. The van der Waals surface area contributed by atoms with Crippen LogP contribution in [0.3, 0.4) is 0 Å². The van der Waals surface area contributed by atoms with Gasteiger partial charge in [-0.25, -0.2) is 0 Å². The Hall–Kier alpha value is -0.980. The molecule has 0 heterocycles. The van der Waals surface area contributed by atoms with Crippen LogP contribution in [-0.4, -0.2) is 5.11 Å². The Morgan fingerprint density at radius 2 is 1.67 bits per heavy atom. The third-order valence-corrected chi connectivity index (χ3v) is 4.37. The topological polar surface area (TPSA) is 20.2 Å². The van der Waals surface area contributed by atoms with Crippen LogP contribution in [0.25, 0.3) is 0 Å². The van der Waals surface area contributed by atoms with Crippen LogP contribution >= 0.6 is 0 Å². The van der Waals surface area contributed by atoms with E-state index in [0.29, 0.717) is 17.1 Å². The third kappa shape index (κ3) is 2.71. The van der Waals surface area contributed by atoms with Crippen LogP contribution in [0.2, 0.25) is 0 Å². The molecule has 0 bridgehead atoms. The fourth-order valence-electron chi connectivity index (χ4n) is 3.83. The van der Waals surface area contributed by atoms with Gasteiger partial charge in [0.25, 0.3) is 0 Å². The zero-order chi connectivity index (χ0) is 13.5. The van der Waals surface area contributed by atoms with Gasteiger partial charge in [0.1, 0.15) is 5.75 Å². The van der Waals surface area contributed by atoms with E-state index >= 15 is 0 Å². The van der Waals surface area contributed by atoms with E-state index < -0.39 is 0 Å². The molecule has 0 amide bonds. The van der Waals surface area contributed by atoms with Crippen LogP contribution in [0.15, 0.2) is 12.1 Å². The standard InChI is InChI=1S/C17H26O/c1-11-6-15(10-17(4,5)9-11)14-7-12(2)16(18)13(3)8-14/h7-8,11,15,18H,6,9-10H2,1-5H3. The van der Waals surface area contributed by atoms with Gasteiger partial charge in [-0.2, -0.15) is 0 Å². The zero-order valence-corrected chi connectivity index (χ0v) is 12.4. The predicted molar refractivity (Wildman–Crippen MR) is 77.1 cm³/mol. The molecule has 1 aliphatic rings. The number of aromatic hydroxyl groups is 1. The Balaban J connectivity index is 2.31. The van der Waals surface area contributed by atoms with Crippen LogP contribution in [-0.2, 0) is 0 Å². The Kier molecular flexibility index (Phi) is 3.44. The molecule has 1 saturated carbocycles. The van der Waals surface area contributed by atoms with Gasteiger partial charge in [0, 0.05) is 0 Å². The van der Waals surface area contributed by atoms with Gasteiger partial charge >= 0.3 is 0 Å². The first kappa shape index (κ1) is 13.5. The summed E-state index contributed by atoms with van der Waals surface area (Å²) in [7, 11) is 0. The second-order valence-electron chi connectivity index (χ2n) is 7.11. The van der Waals surface area contributed by atoms with E-state index in [1.807, 2.05) is 13.8 Å². The maximum Gasteiger partial charge on any atom is 0.121 e. The van der Waals surface area contributed by atoms with Crippen LogP contribution in [0.1, 0.15) is 62.6 Å². The highest BCUT2D eigenvalue weighted by Crippen LogP contribution is 2.46. The maximum atomic E-state index is 9.88. The van der Waals surface area contributed by atoms with E-state index in [2.05, 4.69) is 32.9 Å². The van der Waals surface area contributed by atoms with Crippen molar-refractivity contribution >= 4 is 0 Å². The molecule has 2 atom stereocenters. The van der Waals surface area contributed by atoms with Crippen molar-refractivity contribution in [3.8, 4) is 5.75 Å². The van der Waals surface area contributed by atoms with Gasteiger partial charge in [0.05, 0.1) is 0 Å². The minimum Gasteiger partial charge on any atom is -0.507 e. The minimum atomic E-state index is 0.446. The molecule has 1 heteroatoms. The Bertz CT molecular complexity index is 422. The average molecular weight is 246 g/mol. The molecule has 1 aromatic rings. The summed E-state index contributed by atoms with van der Waals surface area (Å²) in [6.07, 6.45) is 3.88. The van der Waals surface area contributed by atoms with Crippen LogP contribution in [0.4, 0.5) is 0 Å². The van der Waals surface area contributed by atoms with E-state index in [0.717, 1.165) is 17.0 Å². The lowest BCUT2D eigenvalue weighted by Crippen LogP contribution is -2.26. The molecule has 1 nitrogen and oxygen atoms in total. The fourth-order valence-corrected chi connectivity index (χ4v) is 3.83. The lowest BCUT2D eigenvalue weighted by molar-refractivity contribution is 0.168. The fraction of sp³-hybridized carbons (Fsp3) is 0.647. The Morgan fingerprint density at radius 1 is 1.11 bits per heavy atom. The molecule has 0 spiro atoms. The summed E-state index contributed by atoms with van der Waals surface area (Å²) in [6.45, 7) is 11.1. The average Bonchev–Trinajstić information content (AvgIpc) is 2.22. The number of phenols is 1. The molecule has 1 N–H and O–H groups in total. The van der Waals surface area contributed by atoms with Crippen molar-refractivity contribution in [1.29, 1.82) is 0 Å². The molecule has 0 aromatic heterocycles. The molecular formula is C17H26O. The van der Waals surface area contributed by atoms with Crippen molar-refractivity contribution in [3.63, 3.8) is 0 Å². The molecule has 18 heavy (non-hydrogen) atoms. The van der Waals surface area contributed by atoms with E-state index in [4.69, 9.17) is 0 Å². The van der Waals surface area contributed by atoms with Gasteiger partial charge in [-0.3, -0.25) is 0 Å². The molecular weight excluding hydrogens is 220 g/mol. The summed E-state index contributed by atoms with van der Waals surface area (Å²) in [4.78, 5) is 0. The maximum absolute atomic E-state index is 9.88. The first-order valence-corrected chi connectivity index (χ1v) is 7.08. The molecule has 1 aromatic carbocycles. The summed E-state index contributed by atoms with van der Waals surface area (Å²) in [5, 5.41) is 9.88. The van der Waals surface area contributed by atoms with Crippen molar-refractivity contribution in [2.24, 2.45) is 11.3 Å². The van der Waals surface area contributed by atoms with Crippen molar-refractivity contribution in [3.05, 3.63) is 28.8 Å². The van der Waals surface area contributed by atoms with E-state index in [-0.39, 0.29) is 0 Å². The quantitative estimate of drug-likeness (QED) is 0.744. The smallest absolute Gasteiger partial charge is 0.121 e. The first-order chi connectivity index (χ1) is 8.28. The lowest BCUT2D eigenvalue weighted by Gasteiger charge is -2.39. The van der Waals surface area contributed by atoms with Gasteiger partial charge < -0.3 is 5.11 Å². The van der Waals surface area contributed by atoms with Gasteiger partial charge in [-0.1, -0.05) is 32.9 Å². The van der Waals surface area contributed by atoms with Gasteiger partial charge in [-0.15, -0.1) is 0 Å². The second-order valence-corrected chi connectivity index (χ2v) is 7.11. The third-order valence-electron chi connectivity index (χ3n) is 4.37. The SMILES string of the molecule is Cc1cc(C2CC(C)CC(C)(C)C2)cc(C)c1O. The summed E-state index contributed by atoms with van der Waals surface area (Å²) in [5.74, 6) is 1.91. The number of aryl methyl sites for hydroxylation is 2. The molecule has 1 aliphatic carbocycles. The molecule has 0 aliphatic heterocycles. The number of hydrogen-bond donors (Lipinski definition) is 1. The van der Waals surface area contributed by atoms with E-state index in [1.54, 1.807) is 0 Å². The zero-order valence-electron chi connectivity index (χ0n) is 12.4. The summed E-state index contributed by atoms with van der Waals surface area (Å²) >= 11 is 0. The predicted octanol–water partition coefficient (Wildman–Crippen LogP) is 4.94. The second kappa shape index (κ2) is 4.60. The lowest BCUT2D eigenvalue weighted by atomic mass is 9.66. The molecule has 2 rings (SSSR count). The molecule has 0 saturated heterocycles. The summed E-state index contributed by atoms with van der Waals surface area (Å²) in [5.41, 5.74) is 3.90. The van der Waals surface area contributed by atoms with Crippen LogP contribution in [0, 0.1) is 25.2 Å². The number of phenolic OH excluding ortho intramolecular Hbond substituents is 1. The van der Waals surface area contributed by atoms with Crippen molar-refractivity contribution in [1.82, 2.24) is 0 Å². The summed E-state index contributed by atoms with van der Waals surface area (Å²) in [6, 6.07) is 4.36. The normalized spacial score (nSPS) is 27.2. The van der Waals surface area contributed by atoms with Crippen LogP contribution in [0.5, 0.6) is 5.75 Å². The van der Waals surface area contributed by atoms with Crippen molar-refractivity contribution in [2.45, 2.75) is 59.8 Å². The molecule has 100 valence electrons. The van der Waals surface area contributed by atoms with Gasteiger partial charge in [-0.05, 0) is 67.1 Å². The highest BCUT2D eigenvalue weighted by Gasteiger charge is 2.32. The Labute approximate surface area is 111 Å². The van der Waals surface area contributed by atoms with Crippen LogP contribution < -0.4 is 0 Å². The largest absolute Gasteiger partial charge is 0.507 e. The van der Waals surface area contributed by atoms with E-state index in [9.17, 15) is 5.11 Å². The summed E-state index contributed by atoms with van der Waals surface area (Å²) < 4.78 is 0. The van der Waals surface area contributed by atoms with Gasteiger partial charge in [0.2, 0.25) is 0 Å². The number of rotatable bonds is 1. The highest BCUT2D eigenvalue weighted by molar-refractivity contribution is 5.43. The van der Waals surface area contributed by atoms with Crippen molar-refractivity contribution < 1.29 is 5.11 Å². The molecule has 2 unspecified atom stereocenters. The first-order valence-electron chi connectivity index (χ1n) is 7.08. The van der Waals surface area contributed by atoms with Gasteiger partial charge in [0.15, 0.2) is 0 Å². The van der Waals surface area contributed by atoms with E-state index in [1.165, 1.54) is 24.8 Å². The van der Waals surface area contributed by atoms with Crippen molar-refractivity contribution in [2.75, 3.05) is 0 Å².